The van der Waals surface area contributed by atoms with Crippen LogP contribution in [-0.2, 0) is 4.84 Å². The van der Waals surface area contributed by atoms with Crippen LogP contribution < -0.4 is 9.47 Å². The molecule has 0 aliphatic rings. The maximum absolute atomic E-state index is 5.80. The third-order valence-corrected chi connectivity index (χ3v) is 4.91. The van der Waals surface area contributed by atoms with Gasteiger partial charge in [-0.05, 0) is 49.7 Å². The second-order valence-corrected chi connectivity index (χ2v) is 6.36. The molecule has 1 atom stereocenters. The van der Waals surface area contributed by atoms with Gasteiger partial charge >= 0.3 is 0 Å². The molecule has 0 aliphatic heterocycles. The molecule has 1 heterocycles. The lowest BCUT2D eigenvalue weighted by Crippen LogP contribution is -2.33. The number of thiophene rings is 1. The average Bonchev–Trinajstić information content (AvgIpc) is 3.17. The summed E-state index contributed by atoms with van der Waals surface area (Å²) in [6.45, 7) is 8.07. The van der Waals surface area contributed by atoms with Crippen molar-refractivity contribution < 1.29 is 14.3 Å². The Morgan fingerprint density at radius 3 is 2.40 bits per heavy atom. The molecule has 0 spiro atoms. The summed E-state index contributed by atoms with van der Waals surface area (Å²) < 4.78 is 10.7. The molecule has 2 aromatic rings. The molecule has 0 amide bonds. The van der Waals surface area contributed by atoms with Crippen LogP contribution in [0.4, 0.5) is 0 Å². The molecule has 25 heavy (non-hydrogen) atoms. The highest BCUT2D eigenvalue weighted by molar-refractivity contribution is 7.12. The fraction of sp³-hybridized carbons (Fsp3) is 0.421. The van der Waals surface area contributed by atoms with E-state index in [1.54, 1.807) is 25.6 Å². The van der Waals surface area contributed by atoms with E-state index in [1.807, 2.05) is 42.6 Å². The molecular weight excluding hydrogens is 336 g/mol. The Bertz CT molecular complexity index is 682. The third kappa shape index (κ3) is 4.74. The van der Waals surface area contributed by atoms with Gasteiger partial charge in [0.25, 0.3) is 0 Å². The van der Waals surface area contributed by atoms with Crippen LogP contribution in [0.15, 0.2) is 40.9 Å². The van der Waals surface area contributed by atoms with Crippen LogP contribution in [0.3, 0.4) is 0 Å². The van der Waals surface area contributed by atoms with E-state index in [0.29, 0.717) is 11.5 Å². The first-order chi connectivity index (χ1) is 12.1. The second-order valence-electron chi connectivity index (χ2n) is 5.41. The summed E-state index contributed by atoms with van der Waals surface area (Å²) in [5.74, 6) is 1.36. The number of hydrogen-bond acceptors (Lipinski definition) is 6. The molecule has 0 saturated heterocycles. The fourth-order valence-corrected chi connectivity index (χ4v) is 3.30. The Morgan fingerprint density at radius 2 is 1.84 bits per heavy atom. The number of methoxy groups -OCH3 is 2. The first-order valence-corrected chi connectivity index (χ1v) is 9.26. The summed E-state index contributed by atoms with van der Waals surface area (Å²) in [4.78, 5) is 9.04. The van der Waals surface area contributed by atoms with E-state index in [4.69, 9.17) is 14.3 Å². The molecule has 5 nitrogen and oxygen atoms in total. The summed E-state index contributed by atoms with van der Waals surface area (Å²) in [6.07, 6.45) is -0.0925. The number of nitrogens with zero attached hydrogens (tertiary/aromatic N) is 2. The highest BCUT2D eigenvalue weighted by Gasteiger charge is 2.15. The first kappa shape index (κ1) is 19.3. The van der Waals surface area contributed by atoms with E-state index in [9.17, 15) is 0 Å². The number of benzene rings is 1. The average molecular weight is 362 g/mol. The molecule has 6 heteroatoms. The van der Waals surface area contributed by atoms with E-state index in [1.165, 1.54) is 0 Å². The van der Waals surface area contributed by atoms with Crippen LogP contribution in [0.2, 0.25) is 0 Å². The highest BCUT2D eigenvalue weighted by Crippen LogP contribution is 2.29. The van der Waals surface area contributed by atoms with Crippen LogP contribution in [0, 0.1) is 0 Å². The predicted molar refractivity (Wildman–Crippen MR) is 103 cm³/mol. The lowest BCUT2D eigenvalue weighted by atomic mass is 10.1. The quantitative estimate of drug-likeness (QED) is 0.380. The number of ether oxygens (including phenoxy) is 2. The standard InChI is InChI=1S/C19H26N2O3S/c1-6-21(7-2)14(3)24-20-19(18-9-8-12-25-18)15-10-11-16(22-4)17(13-15)23-5/h8-14H,6-7H2,1-5H3. The monoisotopic (exact) mass is 362 g/mol. The van der Waals surface area contributed by atoms with Gasteiger partial charge in [-0.25, -0.2) is 0 Å². The van der Waals surface area contributed by atoms with Crippen molar-refractivity contribution in [2.45, 2.75) is 27.0 Å². The zero-order valence-corrected chi connectivity index (χ0v) is 16.3. The molecular formula is C19H26N2O3S. The summed E-state index contributed by atoms with van der Waals surface area (Å²) in [5, 5.41) is 6.50. The Kier molecular flexibility index (Phi) is 7.28. The van der Waals surface area contributed by atoms with Gasteiger partial charge in [-0.2, -0.15) is 0 Å². The maximum Gasteiger partial charge on any atom is 0.178 e. The number of rotatable bonds is 9. The molecule has 2 rings (SSSR count). The van der Waals surface area contributed by atoms with Gasteiger partial charge in [0.15, 0.2) is 17.7 Å². The Balaban J connectivity index is 2.36. The summed E-state index contributed by atoms with van der Waals surface area (Å²) >= 11 is 1.62. The fourth-order valence-electron chi connectivity index (χ4n) is 2.57. The van der Waals surface area contributed by atoms with Gasteiger partial charge in [0.05, 0.1) is 19.1 Å². The van der Waals surface area contributed by atoms with Crippen molar-refractivity contribution in [3.8, 4) is 11.5 Å². The van der Waals surface area contributed by atoms with Gasteiger partial charge in [0.1, 0.15) is 5.71 Å². The minimum Gasteiger partial charge on any atom is -0.493 e. The van der Waals surface area contributed by atoms with Gasteiger partial charge < -0.3 is 14.3 Å². The maximum atomic E-state index is 5.80. The van der Waals surface area contributed by atoms with Gasteiger partial charge in [0, 0.05) is 5.56 Å². The molecule has 1 aromatic heterocycles. The first-order valence-electron chi connectivity index (χ1n) is 8.38. The van der Waals surface area contributed by atoms with Crippen LogP contribution in [0.25, 0.3) is 0 Å². The van der Waals surface area contributed by atoms with Crippen molar-refractivity contribution in [3.05, 3.63) is 46.2 Å². The van der Waals surface area contributed by atoms with Crippen molar-refractivity contribution in [2.75, 3.05) is 27.3 Å². The number of hydrogen-bond donors (Lipinski definition) is 0. The predicted octanol–water partition coefficient (Wildman–Crippen LogP) is 4.22. The summed E-state index contributed by atoms with van der Waals surface area (Å²) in [6, 6.07) is 9.80. The van der Waals surface area contributed by atoms with Crippen LogP contribution in [-0.4, -0.2) is 44.1 Å². The molecule has 0 radical (unpaired) electrons. The van der Waals surface area contributed by atoms with Crippen molar-refractivity contribution in [1.82, 2.24) is 4.90 Å². The minimum absolute atomic E-state index is 0.0925. The third-order valence-electron chi connectivity index (χ3n) is 4.03. The van der Waals surface area contributed by atoms with E-state index >= 15 is 0 Å². The molecule has 136 valence electrons. The zero-order chi connectivity index (χ0) is 18.2. The van der Waals surface area contributed by atoms with E-state index in [-0.39, 0.29) is 6.23 Å². The molecule has 1 aromatic carbocycles. The molecule has 0 saturated carbocycles. The van der Waals surface area contributed by atoms with Crippen molar-refractivity contribution >= 4 is 17.0 Å². The molecule has 0 aliphatic carbocycles. The van der Waals surface area contributed by atoms with E-state index in [0.717, 1.165) is 29.2 Å². The SMILES string of the molecule is CCN(CC)C(C)ON=C(c1ccc(OC)c(OC)c1)c1cccs1. The van der Waals surface area contributed by atoms with Gasteiger partial charge in [0.2, 0.25) is 0 Å². The Morgan fingerprint density at radius 1 is 1.12 bits per heavy atom. The van der Waals surface area contributed by atoms with Crippen molar-refractivity contribution in [1.29, 1.82) is 0 Å². The second kappa shape index (κ2) is 9.44. The minimum atomic E-state index is -0.0925. The van der Waals surface area contributed by atoms with Gasteiger partial charge in [-0.15, -0.1) is 11.3 Å². The van der Waals surface area contributed by atoms with Gasteiger partial charge in [-0.3, -0.25) is 4.90 Å². The summed E-state index contributed by atoms with van der Waals surface area (Å²) in [5.41, 5.74) is 1.71. The molecule has 0 N–H and O–H groups in total. The topological polar surface area (TPSA) is 43.3 Å². The lowest BCUT2D eigenvalue weighted by Gasteiger charge is -2.24. The summed E-state index contributed by atoms with van der Waals surface area (Å²) in [7, 11) is 3.25. The lowest BCUT2D eigenvalue weighted by molar-refractivity contribution is -0.0403. The Hall–Kier alpha value is -2.05. The van der Waals surface area contributed by atoms with Crippen molar-refractivity contribution in [2.24, 2.45) is 5.16 Å². The van der Waals surface area contributed by atoms with Gasteiger partial charge in [-0.1, -0.05) is 25.1 Å². The smallest absolute Gasteiger partial charge is 0.178 e. The Labute approximate surface area is 153 Å². The zero-order valence-electron chi connectivity index (χ0n) is 15.5. The van der Waals surface area contributed by atoms with E-state index in [2.05, 4.69) is 23.9 Å². The van der Waals surface area contributed by atoms with Crippen LogP contribution in [0.1, 0.15) is 31.2 Å². The number of oxime groups is 1. The largest absolute Gasteiger partial charge is 0.493 e. The van der Waals surface area contributed by atoms with Crippen LogP contribution >= 0.6 is 11.3 Å². The van der Waals surface area contributed by atoms with Crippen molar-refractivity contribution in [3.63, 3.8) is 0 Å². The van der Waals surface area contributed by atoms with E-state index < -0.39 is 0 Å². The molecule has 0 fully saturated rings. The highest BCUT2D eigenvalue weighted by atomic mass is 32.1. The van der Waals surface area contributed by atoms with Crippen LogP contribution in [0.5, 0.6) is 11.5 Å². The molecule has 0 bridgehead atoms. The normalized spacial score (nSPS) is 13.0. The molecule has 1 unspecified atom stereocenters.